The Morgan fingerprint density at radius 2 is 1.84 bits per heavy atom. The van der Waals surface area contributed by atoms with Crippen molar-refractivity contribution in [3.05, 3.63) is 22.5 Å². The van der Waals surface area contributed by atoms with Gasteiger partial charge in [-0.1, -0.05) is 26.7 Å². The number of aromatic amines is 1. The second-order valence-electron chi connectivity index (χ2n) is 11.1. The third-order valence-corrected chi connectivity index (χ3v) is 7.38. The van der Waals surface area contributed by atoms with Crippen LogP contribution in [0.5, 0.6) is 0 Å². The van der Waals surface area contributed by atoms with Crippen molar-refractivity contribution >= 4 is 17.6 Å². The molecule has 3 N–H and O–H groups in total. The lowest BCUT2D eigenvalue weighted by Crippen LogP contribution is -2.52. The summed E-state index contributed by atoms with van der Waals surface area (Å²) in [5.41, 5.74) is 2.52. The van der Waals surface area contributed by atoms with Crippen LogP contribution in [0.2, 0.25) is 0 Å². The number of hydrogen-bond donors (Lipinski definition) is 3. The summed E-state index contributed by atoms with van der Waals surface area (Å²) in [4.78, 5) is 44.5. The van der Waals surface area contributed by atoms with E-state index in [-0.39, 0.29) is 29.1 Å². The predicted molar refractivity (Wildman–Crippen MR) is 124 cm³/mol. The molecule has 2 amide bonds. The average Bonchev–Trinajstić information content (AvgIpc) is 3.48. The highest BCUT2D eigenvalue weighted by Gasteiger charge is 2.36. The van der Waals surface area contributed by atoms with Crippen molar-refractivity contribution in [2.24, 2.45) is 11.3 Å². The van der Waals surface area contributed by atoms with Gasteiger partial charge in [-0.05, 0) is 76.1 Å². The maximum absolute atomic E-state index is 13.2. The van der Waals surface area contributed by atoms with Crippen LogP contribution in [0.15, 0.2) is 0 Å². The minimum Gasteiger partial charge on any atom is -0.354 e. The number of rotatable bonds is 7. The van der Waals surface area contributed by atoms with Gasteiger partial charge in [-0.15, -0.1) is 0 Å². The van der Waals surface area contributed by atoms with E-state index in [0.717, 1.165) is 44.5 Å². The summed E-state index contributed by atoms with van der Waals surface area (Å²) in [5.74, 6) is 0.404. The first-order chi connectivity index (χ1) is 15.1. The Labute approximate surface area is 191 Å². The molecule has 1 saturated carbocycles. The highest BCUT2D eigenvalue weighted by Crippen LogP contribution is 2.37. The zero-order valence-electron chi connectivity index (χ0n) is 20.0. The molecule has 1 saturated heterocycles. The highest BCUT2D eigenvalue weighted by atomic mass is 16.2. The molecule has 2 fully saturated rings. The highest BCUT2D eigenvalue weighted by molar-refractivity contribution is 6.05. The quantitative estimate of drug-likeness (QED) is 0.605. The normalized spacial score (nSPS) is 22.3. The summed E-state index contributed by atoms with van der Waals surface area (Å²) in [7, 11) is 2.10. The van der Waals surface area contributed by atoms with E-state index in [2.05, 4.69) is 41.4 Å². The van der Waals surface area contributed by atoms with Crippen molar-refractivity contribution in [1.82, 2.24) is 20.5 Å². The van der Waals surface area contributed by atoms with Crippen LogP contribution in [0.1, 0.15) is 90.9 Å². The van der Waals surface area contributed by atoms with Gasteiger partial charge in [0.2, 0.25) is 5.91 Å². The largest absolute Gasteiger partial charge is 0.354 e. The number of nitrogens with zero attached hydrogens (tertiary/aromatic N) is 1. The van der Waals surface area contributed by atoms with Crippen LogP contribution in [0.4, 0.5) is 0 Å². The summed E-state index contributed by atoms with van der Waals surface area (Å²) in [5, 5.41) is 6.17. The maximum atomic E-state index is 13.2. The molecule has 32 heavy (non-hydrogen) atoms. The Bertz CT molecular complexity index is 891. The first kappa shape index (κ1) is 23.0. The Morgan fingerprint density at radius 1 is 1.16 bits per heavy atom. The van der Waals surface area contributed by atoms with Crippen molar-refractivity contribution in [3.8, 4) is 0 Å². The van der Waals surface area contributed by atoms with E-state index in [1.165, 1.54) is 12.8 Å². The molecule has 7 heteroatoms. The number of H-pyrrole nitrogens is 1. The standard InChI is InChI=1S/C25H38N4O3/c1-15-21-19(13-25(2,3)14-20(21)30)27-22(15)24(32)28-18(8-7-16-5-6-16)23(31)26-17-9-11-29(4)12-10-17/h16-18,27H,5-14H2,1-4H3,(H,26,31)(H,28,32). The molecule has 176 valence electrons. The molecule has 1 atom stereocenters. The SMILES string of the molecule is Cc1c(C(=O)NC(CCC2CC2)C(=O)NC2CCN(C)CC2)[nH]c2c1C(=O)CC(C)(C)C2. The van der Waals surface area contributed by atoms with Gasteiger partial charge in [0.05, 0.1) is 0 Å². The summed E-state index contributed by atoms with van der Waals surface area (Å²) < 4.78 is 0. The second-order valence-corrected chi connectivity index (χ2v) is 11.1. The van der Waals surface area contributed by atoms with E-state index >= 15 is 0 Å². The van der Waals surface area contributed by atoms with Gasteiger partial charge in [0.25, 0.3) is 5.91 Å². The molecule has 1 aromatic rings. The molecule has 7 nitrogen and oxygen atoms in total. The van der Waals surface area contributed by atoms with Gasteiger partial charge in [0.1, 0.15) is 11.7 Å². The minimum atomic E-state index is -0.547. The van der Waals surface area contributed by atoms with Gasteiger partial charge in [0.15, 0.2) is 5.78 Å². The molecule has 0 spiro atoms. The number of fused-ring (bicyclic) bond motifs is 1. The van der Waals surface area contributed by atoms with Crippen molar-refractivity contribution in [1.29, 1.82) is 0 Å². The summed E-state index contributed by atoms with van der Waals surface area (Å²) in [6.07, 6.45) is 7.15. The number of hydrogen-bond acceptors (Lipinski definition) is 4. The molecule has 2 aliphatic carbocycles. The van der Waals surface area contributed by atoms with Gasteiger partial charge in [-0.3, -0.25) is 14.4 Å². The summed E-state index contributed by atoms with van der Waals surface area (Å²) >= 11 is 0. The molecule has 1 aliphatic heterocycles. The second kappa shape index (κ2) is 9.00. The monoisotopic (exact) mass is 442 g/mol. The predicted octanol–water partition coefficient (Wildman–Crippen LogP) is 2.98. The van der Waals surface area contributed by atoms with E-state index in [9.17, 15) is 14.4 Å². The Balaban J connectivity index is 1.46. The van der Waals surface area contributed by atoms with Gasteiger partial charge in [-0.25, -0.2) is 0 Å². The van der Waals surface area contributed by atoms with Crippen LogP contribution < -0.4 is 10.6 Å². The summed E-state index contributed by atoms with van der Waals surface area (Å²) in [6.45, 7) is 7.93. The van der Waals surface area contributed by atoms with E-state index in [1.807, 2.05) is 6.92 Å². The first-order valence-electron chi connectivity index (χ1n) is 12.2. The Hall–Kier alpha value is -2.15. The van der Waals surface area contributed by atoms with Crippen LogP contribution in [-0.2, 0) is 11.2 Å². The molecular weight excluding hydrogens is 404 g/mol. The van der Waals surface area contributed by atoms with Crippen LogP contribution in [-0.4, -0.2) is 59.7 Å². The van der Waals surface area contributed by atoms with E-state index in [1.54, 1.807) is 0 Å². The zero-order chi connectivity index (χ0) is 23.0. The number of amides is 2. The molecule has 1 unspecified atom stereocenters. The number of piperidine rings is 1. The summed E-state index contributed by atoms with van der Waals surface area (Å²) in [6, 6.07) is -0.381. The van der Waals surface area contributed by atoms with Crippen LogP contribution in [0, 0.1) is 18.3 Å². The molecule has 0 bridgehead atoms. The average molecular weight is 443 g/mol. The van der Waals surface area contributed by atoms with Gasteiger partial charge >= 0.3 is 0 Å². The fourth-order valence-corrected chi connectivity index (χ4v) is 5.22. The van der Waals surface area contributed by atoms with Crippen molar-refractivity contribution < 1.29 is 14.4 Å². The number of nitrogens with one attached hydrogen (secondary N) is 3. The number of likely N-dealkylation sites (tertiary alicyclic amines) is 1. The van der Waals surface area contributed by atoms with Crippen molar-refractivity contribution in [2.75, 3.05) is 20.1 Å². The lowest BCUT2D eigenvalue weighted by atomic mass is 9.75. The lowest BCUT2D eigenvalue weighted by Gasteiger charge is -2.30. The maximum Gasteiger partial charge on any atom is 0.268 e. The topological polar surface area (TPSA) is 94.3 Å². The third-order valence-electron chi connectivity index (χ3n) is 7.38. The molecular formula is C25H38N4O3. The smallest absolute Gasteiger partial charge is 0.268 e. The number of carbonyl (C=O) groups excluding carboxylic acids is 3. The van der Waals surface area contributed by atoms with E-state index in [4.69, 9.17) is 0 Å². The Kier molecular flexibility index (Phi) is 6.48. The lowest BCUT2D eigenvalue weighted by molar-refractivity contribution is -0.124. The molecule has 0 aromatic carbocycles. The molecule has 1 aromatic heterocycles. The fourth-order valence-electron chi connectivity index (χ4n) is 5.22. The van der Waals surface area contributed by atoms with Crippen LogP contribution >= 0.6 is 0 Å². The van der Waals surface area contributed by atoms with Gasteiger partial charge < -0.3 is 20.5 Å². The minimum absolute atomic E-state index is 0.0836. The number of Topliss-reactive ketones (excluding diaryl/α,β-unsaturated/α-hetero) is 1. The van der Waals surface area contributed by atoms with Crippen LogP contribution in [0.25, 0.3) is 0 Å². The first-order valence-corrected chi connectivity index (χ1v) is 12.2. The number of ketones is 1. The number of carbonyl (C=O) groups is 3. The van der Waals surface area contributed by atoms with E-state index in [0.29, 0.717) is 35.6 Å². The third kappa shape index (κ3) is 5.25. The molecule has 2 heterocycles. The number of aromatic nitrogens is 1. The van der Waals surface area contributed by atoms with Crippen LogP contribution in [0.3, 0.4) is 0 Å². The van der Waals surface area contributed by atoms with E-state index < -0.39 is 6.04 Å². The molecule has 0 radical (unpaired) electrons. The van der Waals surface area contributed by atoms with Gasteiger partial charge in [-0.2, -0.15) is 0 Å². The van der Waals surface area contributed by atoms with Gasteiger partial charge in [0, 0.05) is 23.7 Å². The van der Waals surface area contributed by atoms with Crippen molar-refractivity contribution in [2.45, 2.75) is 84.2 Å². The molecule has 4 rings (SSSR count). The Morgan fingerprint density at radius 3 is 2.50 bits per heavy atom. The van der Waals surface area contributed by atoms with Crippen molar-refractivity contribution in [3.63, 3.8) is 0 Å². The molecule has 3 aliphatic rings. The fraction of sp³-hybridized carbons (Fsp3) is 0.720. The zero-order valence-corrected chi connectivity index (χ0v) is 20.0.